The van der Waals surface area contributed by atoms with Gasteiger partial charge in [0.2, 0.25) is 0 Å². The predicted octanol–water partition coefficient (Wildman–Crippen LogP) is 2.65. The summed E-state index contributed by atoms with van der Waals surface area (Å²) in [6.45, 7) is 7.65. The Labute approximate surface area is 85.6 Å². The van der Waals surface area contributed by atoms with E-state index < -0.39 is 0 Å². The summed E-state index contributed by atoms with van der Waals surface area (Å²) in [4.78, 5) is 4.49. The van der Waals surface area contributed by atoms with Crippen LogP contribution in [0.1, 0.15) is 40.0 Å². The Morgan fingerprint density at radius 1 is 1.62 bits per heavy atom. The zero-order chi connectivity index (χ0) is 9.68. The number of nitrogens with one attached hydrogen (secondary N) is 1. The van der Waals surface area contributed by atoms with Gasteiger partial charge in [0.25, 0.3) is 0 Å². The fourth-order valence-electron chi connectivity index (χ4n) is 1.28. The maximum absolute atomic E-state index is 4.49. The summed E-state index contributed by atoms with van der Waals surface area (Å²) >= 11 is 1.92. The molecule has 13 heavy (non-hydrogen) atoms. The monoisotopic (exact) mass is 200 g/mol. The number of thioether (sulfide) groups is 1. The van der Waals surface area contributed by atoms with Crippen LogP contribution in [0.15, 0.2) is 4.99 Å². The molecule has 0 saturated heterocycles. The van der Waals surface area contributed by atoms with Crippen molar-refractivity contribution in [1.29, 1.82) is 0 Å². The molecular weight excluding hydrogens is 180 g/mol. The molecule has 0 aliphatic carbocycles. The zero-order valence-corrected chi connectivity index (χ0v) is 9.66. The summed E-state index contributed by atoms with van der Waals surface area (Å²) in [7, 11) is 0. The van der Waals surface area contributed by atoms with Crippen molar-refractivity contribution in [3.63, 3.8) is 0 Å². The first kappa shape index (κ1) is 10.9. The third kappa shape index (κ3) is 3.59. The third-order valence-corrected chi connectivity index (χ3v) is 3.50. The lowest BCUT2D eigenvalue weighted by Gasteiger charge is -2.12. The van der Waals surface area contributed by atoms with Crippen molar-refractivity contribution in [3.8, 4) is 0 Å². The van der Waals surface area contributed by atoms with Crippen LogP contribution in [0.25, 0.3) is 0 Å². The first-order valence-corrected chi connectivity index (χ1v) is 6.11. The Balaban J connectivity index is 2.23. The molecule has 1 rings (SSSR count). The van der Waals surface area contributed by atoms with Gasteiger partial charge in [0.15, 0.2) is 5.17 Å². The van der Waals surface area contributed by atoms with Crippen LogP contribution in [0.4, 0.5) is 0 Å². The summed E-state index contributed by atoms with van der Waals surface area (Å²) in [5, 5.41) is 5.32. The molecule has 2 unspecified atom stereocenters. The molecule has 0 aromatic rings. The van der Waals surface area contributed by atoms with E-state index in [1.165, 1.54) is 12.8 Å². The molecule has 0 saturated carbocycles. The quantitative estimate of drug-likeness (QED) is 0.754. The van der Waals surface area contributed by atoms with Gasteiger partial charge >= 0.3 is 0 Å². The van der Waals surface area contributed by atoms with Gasteiger partial charge in [-0.2, -0.15) is 0 Å². The van der Waals surface area contributed by atoms with E-state index in [9.17, 15) is 0 Å². The van der Waals surface area contributed by atoms with Crippen LogP contribution in [0.3, 0.4) is 0 Å². The highest BCUT2D eigenvalue weighted by molar-refractivity contribution is 8.14. The van der Waals surface area contributed by atoms with Gasteiger partial charge in [-0.15, -0.1) is 0 Å². The first-order valence-electron chi connectivity index (χ1n) is 5.23. The molecule has 0 radical (unpaired) electrons. The van der Waals surface area contributed by atoms with E-state index in [1.54, 1.807) is 0 Å². The fraction of sp³-hybridized carbons (Fsp3) is 0.900. The molecule has 3 heteroatoms. The Hall–Kier alpha value is -0.180. The van der Waals surface area contributed by atoms with Gasteiger partial charge < -0.3 is 5.32 Å². The topological polar surface area (TPSA) is 24.4 Å². The van der Waals surface area contributed by atoms with Crippen LogP contribution in [0, 0.1) is 0 Å². The van der Waals surface area contributed by atoms with E-state index in [0.717, 1.165) is 23.4 Å². The van der Waals surface area contributed by atoms with Crippen molar-refractivity contribution in [1.82, 2.24) is 5.32 Å². The van der Waals surface area contributed by atoms with E-state index >= 15 is 0 Å². The average molecular weight is 200 g/mol. The van der Waals surface area contributed by atoms with Crippen LogP contribution in [-0.2, 0) is 0 Å². The van der Waals surface area contributed by atoms with Crippen molar-refractivity contribution in [2.24, 2.45) is 4.99 Å². The highest BCUT2D eigenvalue weighted by atomic mass is 32.2. The van der Waals surface area contributed by atoms with E-state index in [0.29, 0.717) is 6.04 Å². The van der Waals surface area contributed by atoms with Crippen molar-refractivity contribution in [2.45, 2.75) is 51.3 Å². The van der Waals surface area contributed by atoms with Gasteiger partial charge in [-0.3, -0.25) is 4.99 Å². The number of hydrogen-bond acceptors (Lipinski definition) is 3. The highest BCUT2D eigenvalue weighted by Crippen LogP contribution is 2.23. The lowest BCUT2D eigenvalue weighted by Crippen LogP contribution is -2.29. The molecule has 0 amide bonds. The molecule has 76 valence electrons. The number of rotatable bonds is 4. The van der Waals surface area contributed by atoms with Gasteiger partial charge in [-0.25, -0.2) is 0 Å². The largest absolute Gasteiger partial charge is 0.362 e. The second-order valence-electron chi connectivity index (χ2n) is 3.63. The molecule has 1 N–H and O–H groups in total. The summed E-state index contributed by atoms with van der Waals surface area (Å²) in [5.74, 6) is 0. The van der Waals surface area contributed by atoms with Gasteiger partial charge in [-0.1, -0.05) is 32.0 Å². The second kappa shape index (κ2) is 5.53. The van der Waals surface area contributed by atoms with E-state index in [2.05, 4.69) is 31.1 Å². The van der Waals surface area contributed by atoms with E-state index in [4.69, 9.17) is 0 Å². The van der Waals surface area contributed by atoms with Crippen molar-refractivity contribution < 1.29 is 0 Å². The molecule has 1 heterocycles. The minimum atomic E-state index is 0.562. The Kier molecular flexibility index (Phi) is 4.64. The molecule has 0 aromatic carbocycles. The van der Waals surface area contributed by atoms with Gasteiger partial charge in [0, 0.05) is 11.3 Å². The average Bonchev–Trinajstić information content (AvgIpc) is 2.53. The molecule has 2 atom stereocenters. The van der Waals surface area contributed by atoms with Crippen LogP contribution in [0.2, 0.25) is 0 Å². The van der Waals surface area contributed by atoms with Crippen molar-refractivity contribution in [2.75, 3.05) is 6.54 Å². The van der Waals surface area contributed by atoms with Crippen LogP contribution in [0.5, 0.6) is 0 Å². The van der Waals surface area contributed by atoms with Gasteiger partial charge in [0.1, 0.15) is 0 Å². The number of amidine groups is 1. The molecule has 0 spiro atoms. The predicted molar refractivity (Wildman–Crippen MR) is 61.5 cm³/mol. The van der Waals surface area contributed by atoms with Crippen LogP contribution in [-0.4, -0.2) is 23.0 Å². The Morgan fingerprint density at radius 2 is 2.38 bits per heavy atom. The van der Waals surface area contributed by atoms with E-state index in [1.807, 2.05) is 11.8 Å². The normalized spacial score (nSPS) is 24.2. The smallest absolute Gasteiger partial charge is 0.157 e. The molecule has 2 nitrogen and oxygen atoms in total. The molecule has 0 fully saturated rings. The summed E-state index contributed by atoms with van der Waals surface area (Å²) in [6, 6.07) is 0.562. The van der Waals surface area contributed by atoms with Gasteiger partial charge in [-0.05, 0) is 19.8 Å². The first-order chi connectivity index (χ1) is 6.26. The lowest BCUT2D eigenvalue weighted by atomic mass is 10.2. The zero-order valence-electron chi connectivity index (χ0n) is 8.84. The fourth-order valence-corrected chi connectivity index (χ4v) is 2.52. The van der Waals surface area contributed by atoms with Crippen LogP contribution < -0.4 is 5.32 Å². The number of aliphatic imine (C=N–C) groups is 1. The molecule has 0 bridgehead atoms. The molecule has 1 aliphatic heterocycles. The molecule has 0 aromatic heterocycles. The maximum Gasteiger partial charge on any atom is 0.157 e. The third-order valence-electron chi connectivity index (χ3n) is 2.31. The van der Waals surface area contributed by atoms with E-state index in [-0.39, 0.29) is 0 Å². The SMILES string of the molecule is CCCC1CN=C(NC(C)CC)S1. The maximum atomic E-state index is 4.49. The summed E-state index contributed by atoms with van der Waals surface area (Å²) in [5.41, 5.74) is 0. The lowest BCUT2D eigenvalue weighted by molar-refractivity contribution is 0.646. The van der Waals surface area contributed by atoms with Gasteiger partial charge in [0.05, 0.1) is 6.54 Å². The van der Waals surface area contributed by atoms with Crippen molar-refractivity contribution >= 4 is 16.9 Å². The molecule has 1 aliphatic rings. The Morgan fingerprint density at radius 3 is 3.00 bits per heavy atom. The minimum absolute atomic E-state index is 0.562. The highest BCUT2D eigenvalue weighted by Gasteiger charge is 2.18. The van der Waals surface area contributed by atoms with Crippen molar-refractivity contribution in [3.05, 3.63) is 0 Å². The van der Waals surface area contributed by atoms with Crippen LogP contribution >= 0.6 is 11.8 Å². The minimum Gasteiger partial charge on any atom is -0.362 e. The molecular formula is C10H20N2S. The summed E-state index contributed by atoms with van der Waals surface area (Å²) < 4.78 is 0. The Bertz CT molecular complexity index is 180. The second-order valence-corrected chi connectivity index (χ2v) is 4.92. The standard InChI is InChI=1S/C10H20N2S/c1-4-6-9-7-11-10(13-9)12-8(3)5-2/h8-9H,4-7H2,1-3H3,(H,11,12). The summed E-state index contributed by atoms with van der Waals surface area (Å²) in [6.07, 6.45) is 3.72. The number of hydrogen-bond donors (Lipinski definition) is 1. The number of nitrogens with zero attached hydrogens (tertiary/aromatic N) is 1.